The molecule has 17 heteroatoms. The fraction of sp³-hybridized carbons (Fsp3) is 0.486. The fourth-order valence-corrected chi connectivity index (χ4v) is 7.89. The number of nitrogens with zero attached hydrogens (tertiary/aromatic N) is 7. The number of tetrazole rings is 1. The Hall–Kier alpha value is -5.45. The van der Waals surface area contributed by atoms with Crippen LogP contribution in [0.5, 0.6) is 5.88 Å². The molecule has 0 bridgehead atoms. The van der Waals surface area contributed by atoms with E-state index in [1.165, 1.54) is 20.9 Å². The highest BCUT2D eigenvalue weighted by Crippen LogP contribution is 2.45. The van der Waals surface area contributed by atoms with E-state index in [4.69, 9.17) is 19.4 Å². The molecule has 0 spiro atoms. The Kier molecular flexibility index (Phi) is 10.1. The molecule has 3 aromatic heterocycles. The molecule has 1 aromatic carbocycles. The lowest BCUT2D eigenvalue weighted by Gasteiger charge is -2.35. The van der Waals surface area contributed by atoms with Crippen LogP contribution >= 0.6 is 11.3 Å². The summed E-state index contributed by atoms with van der Waals surface area (Å²) in [5.41, 5.74) is -0.252. The summed E-state index contributed by atoms with van der Waals surface area (Å²) in [4.78, 5) is 67.9. The molecule has 3 fully saturated rings. The molecule has 16 nitrogen and oxygen atoms in total. The van der Waals surface area contributed by atoms with Gasteiger partial charge in [0, 0.05) is 19.4 Å². The van der Waals surface area contributed by atoms with Crippen molar-refractivity contribution in [2.45, 2.75) is 89.1 Å². The Bertz CT molecular complexity index is 2060. The van der Waals surface area contributed by atoms with Gasteiger partial charge in [0.25, 0.3) is 5.91 Å². The number of anilines is 1. The van der Waals surface area contributed by atoms with E-state index in [1.54, 1.807) is 13.1 Å². The number of hydrogen-bond donors (Lipinski definition) is 3. The van der Waals surface area contributed by atoms with Crippen LogP contribution in [-0.4, -0.2) is 95.3 Å². The Morgan fingerprint density at radius 3 is 2.43 bits per heavy atom. The molecule has 0 radical (unpaired) electrons. The van der Waals surface area contributed by atoms with Gasteiger partial charge in [-0.2, -0.15) is 0 Å². The highest BCUT2D eigenvalue weighted by Gasteiger charge is 2.61. The first-order valence-corrected chi connectivity index (χ1v) is 19.0. The molecule has 3 aliphatic rings. The molecule has 1 aliphatic heterocycles. The average molecular weight is 757 g/mol. The molecule has 2 aliphatic carbocycles. The van der Waals surface area contributed by atoms with Crippen LogP contribution in [0.2, 0.25) is 0 Å². The van der Waals surface area contributed by atoms with Gasteiger partial charge >= 0.3 is 6.09 Å². The number of nitrogens with one attached hydrogen (secondary N) is 3. The fourth-order valence-electron chi connectivity index (χ4n) is 7.18. The van der Waals surface area contributed by atoms with Crippen LogP contribution in [0, 0.1) is 11.3 Å². The van der Waals surface area contributed by atoms with Gasteiger partial charge in [0.1, 0.15) is 35.5 Å². The second-order valence-electron chi connectivity index (χ2n) is 15.2. The zero-order valence-corrected chi connectivity index (χ0v) is 31.5. The lowest BCUT2D eigenvalue weighted by atomic mass is 9.85. The molecule has 1 saturated heterocycles. The average Bonchev–Trinajstić information content (AvgIpc) is 3.76. The zero-order chi connectivity index (χ0) is 38.2. The first-order chi connectivity index (χ1) is 25.9. The normalized spacial score (nSPS) is 23.1. The van der Waals surface area contributed by atoms with E-state index in [0.29, 0.717) is 16.7 Å². The van der Waals surface area contributed by atoms with Crippen molar-refractivity contribution >= 4 is 52.1 Å². The van der Waals surface area contributed by atoms with Gasteiger partial charge in [0.2, 0.25) is 23.6 Å². The second kappa shape index (κ2) is 14.8. The van der Waals surface area contributed by atoms with Gasteiger partial charge in [-0.3, -0.25) is 19.7 Å². The van der Waals surface area contributed by atoms with Crippen LogP contribution in [-0.2, 0) is 26.2 Å². The predicted octanol–water partition coefficient (Wildman–Crippen LogP) is 4.01. The van der Waals surface area contributed by atoms with Crippen LogP contribution < -0.4 is 20.7 Å². The van der Waals surface area contributed by atoms with Crippen LogP contribution in [0.1, 0.15) is 59.3 Å². The second-order valence-corrected chi connectivity index (χ2v) is 16.1. The monoisotopic (exact) mass is 756 g/mol. The number of hydrogen-bond acceptors (Lipinski definition) is 12. The number of aromatic nitrogens is 6. The third-order valence-electron chi connectivity index (χ3n) is 10.3. The summed E-state index contributed by atoms with van der Waals surface area (Å²) in [6, 6.07) is 9.17. The van der Waals surface area contributed by atoms with Gasteiger partial charge in [-0.15, -0.1) is 17.9 Å². The summed E-state index contributed by atoms with van der Waals surface area (Å²) < 4.78 is 13.6. The molecule has 54 heavy (non-hydrogen) atoms. The van der Waals surface area contributed by atoms with Gasteiger partial charge in [-0.1, -0.05) is 50.1 Å². The number of amides is 4. The number of rotatable bonds is 11. The minimum absolute atomic E-state index is 0.00404. The number of ether oxygens (including phenoxy) is 2. The highest BCUT2D eigenvalue weighted by atomic mass is 32.1. The zero-order valence-electron chi connectivity index (χ0n) is 30.7. The summed E-state index contributed by atoms with van der Waals surface area (Å²) in [5.74, 6) is -1.57. The standard InChI is InChI=1S/C37H44N10O6S/c1-6-21-19-37(21,33(50)41-34-43-44-45-46(34)5)42-30(48)26-18-23(52-31-28(27-16-11-17-54-27)38-24-14-9-10-15-25(24)39-31)20-47(26)32(49)29(36(2,3)4)40-35(51)53-22-12-7-8-13-22/h6,9-11,14-17,21-23,26,29H,1,7-8,12-13,18-20H2,2-5H3,(H,40,51)(H,42,48)(H,41,43,45,50)/t21-,23-,26+,29-,37-/m1/s1. The lowest BCUT2D eigenvalue weighted by molar-refractivity contribution is -0.142. The van der Waals surface area contributed by atoms with E-state index < -0.39 is 53.0 Å². The number of aryl methyl sites for hydroxylation is 1. The first-order valence-electron chi connectivity index (χ1n) is 18.1. The SMILES string of the molecule is C=C[C@@H]1C[C@]1(NC(=O)[C@@H]1C[C@@H](Oc2nc3ccccc3nc2-c2cccs2)CN1C(=O)[C@@H](NC(=O)OC1CCCC1)C(C)(C)C)C(=O)Nc1nnnn1C. The number of carbonyl (C=O) groups is 4. The van der Waals surface area contributed by atoms with Crippen molar-refractivity contribution in [3.63, 3.8) is 0 Å². The van der Waals surface area contributed by atoms with E-state index in [0.717, 1.165) is 30.6 Å². The van der Waals surface area contributed by atoms with Gasteiger partial charge in [0.05, 0.1) is 22.5 Å². The van der Waals surface area contributed by atoms with Gasteiger partial charge < -0.3 is 25.0 Å². The van der Waals surface area contributed by atoms with E-state index in [1.807, 2.05) is 62.5 Å². The molecule has 0 unspecified atom stereocenters. The number of carbonyl (C=O) groups excluding carboxylic acids is 4. The number of thiophene rings is 1. The number of alkyl carbamates (subject to hydrolysis) is 1. The Balaban J connectivity index is 1.19. The topological polar surface area (TPSA) is 195 Å². The summed E-state index contributed by atoms with van der Waals surface area (Å²) in [6.07, 6.45) is 3.87. The van der Waals surface area contributed by atoms with Crippen molar-refractivity contribution in [2.24, 2.45) is 18.4 Å². The molecule has 7 rings (SSSR count). The first kappa shape index (κ1) is 36.9. The van der Waals surface area contributed by atoms with E-state index in [2.05, 4.69) is 38.1 Å². The molecule has 4 aromatic rings. The lowest BCUT2D eigenvalue weighted by Crippen LogP contribution is -2.59. The Labute approximate surface area is 316 Å². The van der Waals surface area contributed by atoms with Crippen LogP contribution in [0.25, 0.3) is 21.6 Å². The summed E-state index contributed by atoms with van der Waals surface area (Å²) >= 11 is 1.49. The largest absolute Gasteiger partial charge is 0.471 e. The maximum Gasteiger partial charge on any atom is 0.408 e. The maximum atomic E-state index is 14.7. The van der Waals surface area contributed by atoms with Crippen LogP contribution in [0.4, 0.5) is 10.7 Å². The number of fused-ring (bicyclic) bond motifs is 1. The number of likely N-dealkylation sites (tertiary alicyclic amines) is 1. The molecule has 3 N–H and O–H groups in total. The van der Waals surface area contributed by atoms with Crippen molar-refractivity contribution < 1.29 is 28.7 Å². The Morgan fingerprint density at radius 1 is 1.06 bits per heavy atom. The summed E-state index contributed by atoms with van der Waals surface area (Å²) in [5, 5.41) is 21.6. The predicted molar refractivity (Wildman–Crippen MR) is 199 cm³/mol. The molecular weight excluding hydrogens is 713 g/mol. The van der Waals surface area contributed by atoms with E-state index >= 15 is 0 Å². The van der Waals surface area contributed by atoms with Crippen LogP contribution in [0.15, 0.2) is 54.4 Å². The molecule has 2 saturated carbocycles. The number of para-hydroxylation sites is 2. The summed E-state index contributed by atoms with van der Waals surface area (Å²) in [6.45, 7) is 9.36. The molecule has 284 valence electrons. The quantitative estimate of drug-likeness (QED) is 0.187. The van der Waals surface area contributed by atoms with Gasteiger partial charge in [-0.05, 0) is 71.5 Å². The van der Waals surface area contributed by atoms with Crippen molar-refractivity contribution in [1.29, 1.82) is 0 Å². The van der Waals surface area contributed by atoms with Crippen molar-refractivity contribution in [1.82, 2.24) is 45.7 Å². The van der Waals surface area contributed by atoms with Gasteiger partial charge in [0.15, 0.2) is 0 Å². The van der Waals surface area contributed by atoms with Crippen molar-refractivity contribution in [3.05, 3.63) is 54.4 Å². The van der Waals surface area contributed by atoms with E-state index in [-0.39, 0.29) is 43.2 Å². The molecule has 4 amide bonds. The third kappa shape index (κ3) is 7.49. The minimum Gasteiger partial charge on any atom is -0.471 e. The summed E-state index contributed by atoms with van der Waals surface area (Å²) in [7, 11) is 1.58. The number of benzene rings is 1. The molecule has 4 heterocycles. The van der Waals surface area contributed by atoms with E-state index in [9.17, 15) is 19.2 Å². The smallest absolute Gasteiger partial charge is 0.408 e. The van der Waals surface area contributed by atoms with Crippen molar-refractivity contribution in [2.75, 3.05) is 11.9 Å². The minimum atomic E-state index is -1.35. The highest BCUT2D eigenvalue weighted by molar-refractivity contribution is 7.13. The van der Waals surface area contributed by atoms with Gasteiger partial charge in [-0.25, -0.2) is 19.4 Å². The molecular formula is C37H44N10O6S. The Morgan fingerprint density at radius 2 is 1.80 bits per heavy atom. The van der Waals surface area contributed by atoms with Crippen molar-refractivity contribution in [3.8, 4) is 16.5 Å². The molecule has 5 atom stereocenters. The maximum absolute atomic E-state index is 14.7. The van der Waals surface area contributed by atoms with Crippen LogP contribution in [0.3, 0.4) is 0 Å². The third-order valence-corrected chi connectivity index (χ3v) is 11.1.